The zero-order valence-corrected chi connectivity index (χ0v) is 17.8. The number of hydrogen-bond acceptors (Lipinski definition) is 5. The fraction of sp³-hybridized carbons (Fsp3) is 0.250. The Morgan fingerprint density at radius 2 is 1.74 bits per heavy atom. The Balaban J connectivity index is 1.65. The summed E-state index contributed by atoms with van der Waals surface area (Å²) < 4.78 is 10.9. The van der Waals surface area contributed by atoms with Crippen LogP contribution in [0.15, 0.2) is 71.3 Å². The molecule has 0 bridgehead atoms. The van der Waals surface area contributed by atoms with Crippen molar-refractivity contribution in [2.75, 3.05) is 25.5 Å². The van der Waals surface area contributed by atoms with E-state index in [1.807, 2.05) is 60.4 Å². The maximum atomic E-state index is 12.7. The molecule has 0 aliphatic rings. The number of carbonyl (C=O) groups excluding carboxylic acids is 2. The standard InChI is InChI=1S/C24H27N3O4/c1-3-30-21-12-10-20(11-13-21)26-23(28)17-27(16-22-5-4-14-31-22)15-18-6-8-19(9-7-18)24(29)25-2/h4-14H,3,15-17H2,1-2H3,(H,25,29)(H,26,28). The summed E-state index contributed by atoms with van der Waals surface area (Å²) in [7, 11) is 1.60. The van der Waals surface area contributed by atoms with E-state index in [9.17, 15) is 9.59 Å². The predicted octanol–water partition coefficient (Wildman–Crippen LogP) is 3.68. The molecule has 2 aromatic carbocycles. The van der Waals surface area contributed by atoms with Gasteiger partial charge in [0.1, 0.15) is 11.5 Å². The number of furan rings is 1. The highest BCUT2D eigenvalue weighted by Gasteiger charge is 2.14. The van der Waals surface area contributed by atoms with Gasteiger partial charge in [-0.1, -0.05) is 12.1 Å². The summed E-state index contributed by atoms with van der Waals surface area (Å²) in [5, 5.41) is 5.53. The summed E-state index contributed by atoms with van der Waals surface area (Å²) in [6, 6.07) is 18.3. The van der Waals surface area contributed by atoms with Crippen molar-refractivity contribution in [2.45, 2.75) is 20.0 Å². The van der Waals surface area contributed by atoms with Crippen molar-refractivity contribution in [2.24, 2.45) is 0 Å². The minimum absolute atomic E-state index is 0.127. The molecule has 3 aromatic rings. The molecule has 0 aliphatic carbocycles. The molecule has 0 fully saturated rings. The molecule has 7 heteroatoms. The van der Waals surface area contributed by atoms with Crippen LogP contribution in [-0.4, -0.2) is 36.9 Å². The highest BCUT2D eigenvalue weighted by molar-refractivity contribution is 5.94. The summed E-state index contributed by atoms with van der Waals surface area (Å²) >= 11 is 0. The first-order valence-electron chi connectivity index (χ1n) is 10.2. The van der Waals surface area contributed by atoms with E-state index in [-0.39, 0.29) is 18.4 Å². The quantitative estimate of drug-likeness (QED) is 0.522. The number of anilines is 1. The molecule has 0 atom stereocenters. The zero-order valence-electron chi connectivity index (χ0n) is 17.8. The maximum absolute atomic E-state index is 12.7. The number of ether oxygens (including phenoxy) is 1. The molecule has 0 saturated carbocycles. The molecule has 1 aromatic heterocycles. The molecule has 0 aliphatic heterocycles. The van der Waals surface area contributed by atoms with E-state index >= 15 is 0 Å². The molecule has 2 amide bonds. The predicted molar refractivity (Wildman–Crippen MR) is 119 cm³/mol. The van der Waals surface area contributed by atoms with Gasteiger partial charge in [0.05, 0.1) is 26.0 Å². The van der Waals surface area contributed by atoms with E-state index < -0.39 is 0 Å². The van der Waals surface area contributed by atoms with Gasteiger partial charge in [-0.25, -0.2) is 0 Å². The lowest BCUT2D eigenvalue weighted by Crippen LogP contribution is -2.32. The molecular formula is C24H27N3O4. The lowest BCUT2D eigenvalue weighted by atomic mass is 10.1. The van der Waals surface area contributed by atoms with Gasteiger partial charge in [0.25, 0.3) is 5.91 Å². The Morgan fingerprint density at radius 1 is 1.00 bits per heavy atom. The van der Waals surface area contributed by atoms with Crippen LogP contribution in [-0.2, 0) is 17.9 Å². The van der Waals surface area contributed by atoms with Crippen molar-refractivity contribution < 1.29 is 18.7 Å². The molecule has 0 radical (unpaired) electrons. The molecule has 0 unspecified atom stereocenters. The molecule has 162 valence electrons. The number of benzene rings is 2. The third kappa shape index (κ3) is 6.72. The van der Waals surface area contributed by atoms with E-state index in [0.717, 1.165) is 17.1 Å². The van der Waals surface area contributed by atoms with Crippen molar-refractivity contribution in [1.82, 2.24) is 10.2 Å². The largest absolute Gasteiger partial charge is 0.494 e. The lowest BCUT2D eigenvalue weighted by molar-refractivity contribution is -0.117. The first-order chi connectivity index (χ1) is 15.1. The minimum Gasteiger partial charge on any atom is -0.494 e. The van der Waals surface area contributed by atoms with Crippen LogP contribution < -0.4 is 15.4 Å². The van der Waals surface area contributed by atoms with E-state index in [0.29, 0.717) is 30.9 Å². The van der Waals surface area contributed by atoms with Crippen LogP contribution in [0.3, 0.4) is 0 Å². The van der Waals surface area contributed by atoms with Gasteiger partial charge in [0.15, 0.2) is 0 Å². The molecule has 1 heterocycles. The Morgan fingerprint density at radius 3 is 2.35 bits per heavy atom. The van der Waals surface area contributed by atoms with Crippen molar-refractivity contribution in [3.8, 4) is 5.75 Å². The maximum Gasteiger partial charge on any atom is 0.251 e. The Kier molecular flexibility index (Phi) is 7.84. The number of amides is 2. The zero-order chi connectivity index (χ0) is 22.1. The second-order valence-electron chi connectivity index (χ2n) is 7.01. The second kappa shape index (κ2) is 11.0. The van der Waals surface area contributed by atoms with Gasteiger partial charge >= 0.3 is 0 Å². The molecule has 31 heavy (non-hydrogen) atoms. The van der Waals surface area contributed by atoms with Crippen LogP contribution in [0.2, 0.25) is 0 Å². The smallest absolute Gasteiger partial charge is 0.251 e. The van der Waals surface area contributed by atoms with Crippen molar-refractivity contribution in [3.63, 3.8) is 0 Å². The van der Waals surface area contributed by atoms with Gasteiger partial charge in [-0.3, -0.25) is 14.5 Å². The normalized spacial score (nSPS) is 10.7. The summed E-state index contributed by atoms with van der Waals surface area (Å²) in [5.41, 5.74) is 2.30. The summed E-state index contributed by atoms with van der Waals surface area (Å²) in [4.78, 5) is 26.4. The molecular weight excluding hydrogens is 394 g/mol. The number of nitrogens with one attached hydrogen (secondary N) is 2. The average Bonchev–Trinajstić information content (AvgIpc) is 3.28. The van der Waals surface area contributed by atoms with Gasteiger partial charge in [0.2, 0.25) is 5.91 Å². The van der Waals surface area contributed by atoms with Gasteiger partial charge < -0.3 is 19.8 Å². The van der Waals surface area contributed by atoms with Crippen LogP contribution in [0, 0.1) is 0 Å². The molecule has 0 saturated heterocycles. The van der Waals surface area contributed by atoms with Gasteiger partial charge in [0, 0.05) is 24.8 Å². The molecule has 2 N–H and O–H groups in total. The van der Waals surface area contributed by atoms with Gasteiger partial charge in [-0.15, -0.1) is 0 Å². The van der Waals surface area contributed by atoms with E-state index in [1.54, 1.807) is 25.4 Å². The van der Waals surface area contributed by atoms with E-state index in [2.05, 4.69) is 10.6 Å². The summed E-state index contributed by atoms with van der Waals surface area (Å²) in [6.45, 7) is 3.73. The average molecular weight is 421 g/mol. The third-order valence-corrected chi connectivity index (χ3v) is 4.63. The van der Waals surface area contributed by atoms with E-state index in [4.69, 9.17) is 9.15 Å². The molecule has 7 nitrogen and oxygen atoms in total. The number of hydrogen-bond donors (Lipinski definition) is 2. The SMILES string of the molecule is CCOc1ccc(NC(=O)CN(Cc2ccc(C(=O)NC)cc2)Cc2ccco2)cc1. The minimum atomic E-state index is -0.131. The topological polar surface area (TPSA) is 83.8 Å². The van der Waals surface area contributed by atoms with Crippen LogP contribution in [0.4, 0.5) is 5.69 Å². The van der Waals surface area contributed by atoms with Crippen LogP contribution in [0.25, 0.3) is 0 Å². The third-order valence-electron chi connectivity index (χ3n) is 4.63. The lowest BCUT2D eigenvalue weighted by Gasteiger charge is -2.21. The molecule has 0 spiro atoms. The fourth-order valence-electron chi connectivity index (χ4n) is 3.16. The Hall–Kier alpha value is -3.58. The van der Waals surface area contributed by atoms with E-state index in [1.165, 1.54) is 0 Å². The summed E-state index contributed by atoms with van der Waals surface area (Å²) in [5.74, 6) is 1.28. The van der Waals surface area contributed by atoms with Crippen LogP contribution >= 0.6 is 0 Å². The van der Waals surface area contributed by atoms with Crippen LogP contribution in [0.1, 0.15) is 28.6 Å². The molecule has 3 rings (SSSR count). The monoisotopic (exact) mass is 421 g/mol. The number of nitrogens with zero attached hydrogens (tertiary/aromatic N) is 1. The fourth-order valence-corrected chi connectivity index (χ4v) is 3.16. The highest BCUT2D eigenvalue weighted by atomic mass is 16.5. The van der Waals surface area contributed by atoms with Crippen LogP contribution in [0.5, 0.6) is 5.75 Å². The second-order valence-corrected chi connectivity index (χ2v) is 7.01. The van der Waals surface area contributed by atoms with Gasteiger partial charge in [-0.05, 0) is 61.0 Å². The first kappa shape index (κ1) is 22.1. The number of carbonyl (C=O) groups is 2. The Bertz CT molecular complexity index is 967. The van der Waals surface area contributed by atoms with Crippen molar-refractivity contribution in [3.05, 3.63) is 83.8 Å². The highest BCUT2D eigenvalue weighted by Crippen LogP contribution is 2.16. The Labute approximate surface area is 182 Å². The van der Waals surface area contributed by atoms with Crippen molar-refractivity contribution >= 4 is 17.5 Å². The van der Waals surface area contributed by atoms with Crippen molar-refractivity contribution in [1.29, 1.82) is 0 Å². The first-order valence-corrected chi connectivity index (χ1v) is 10.2. The van der Waals surface area contributed by atoms with Gasteiger partial charge in [-0.2, -0.15) is 0 Å². The number of rotatable bonds is 10. The summed E-state index contributed by atoms with van der Waals surface area (Å²) in [6.07, 6.45) is 1.62.